The summed E-state index contributed by atoms with van der Waals surface area (Å²) in [4.78, 5) is 9.86. The molecule has 0 aromatic heterocycles. The zero-order chi connectivity index (χ0) is 9.14. The Hall–Kier alpha value is -1.42. The van der Waals surface area contributed by atoms with Gasteiger partial charge in [-0.05, 0) is 12.5 Å². The van der Waals surface area contributed by atoms with Gasteiger partial charge in [0.2, 0.25) is 0 Å². The van der Waals surface area contributed by atoms with Gasteiger partial charge < -0.3 is 5.11 Å². The maximum Gasteiger partial charge on any atom is 0.272 e. The highest BCUT2D eigenvalue weighted by molar-refractivity contribution is 5.47. The highest BCUT2D eigenvalue weighted by Crippen LogP contribution is 2.20. The fourth-order valence-electron chi connectivity index (χ4n) is 0.940. The van der Waals surface area contributed by atoms with Crippen molar-refractivity contribution in [2.45, 2.75) is 6.61 Å². The standard InChI is InChI=1S/C8H8NO3/c1-6-7(5-10)3-2-4-8(6)9(11)12/h2-4,10H,1,5H2. The van der Waals surface area contributed by atoms with Crippen LogP contribution in [0.25, 0.3) is 0 Å². The Balaban J connectivity index is 3.23. The van der Waals surface area contributed by atoms with Crippen LogP contribution in [0.4, 0.5) is 5.69 Å². The van der Waals surface area contributed by atoms with E-state index < -0.39 is 4.92 Å². The predicted octanol–water partition coefficient (Wildman–Crippen LogP) is 1.27. The van der Waals surface area contributed by atoms with Crippen LogP contribution in [0.5, 0.6) is 0 Å². The maximum atomic E-state index is 10.4. The Morgan fingerprint density at radius 1 is 1.58 bits per heavy atom. The van der Waals surface area contributed by atoms with Crippen molar-refractivity contribution in [1.29, 1.82) is 0 Å². The van der Waals surface area contributed by atoms with Crippen LogP contribution in [0, 0.1) is 17.0 Å². The first-order valence-electron chi connectivity index (χ1n) is 3.36. The third-order valence-corrected chi connectivity index (χ3v) is 1.62. The molecule has 0 fully saturated rings. The number of nitro benzene ring substituents is 1. The number of nitro groups is 1. The zero-order valence-electron chi connectivity index (χ0n) is 6.36. The second-order valence-corrected chi connectivity index (χ2v) is 2.33. The van der Waals surface area contributed by atoms with Gasteiger partial charge in [0.25, 0.3) is 5.69 Å². The average Bonchev–Trinajstić information content (AvgIpc) is 2.04. The number of nitrogens with zero attached hydrogens (tertiary/aromatic N) is 1. The number of hydrogen-bond acceptors (Lipinski definition) is 3. The molecule has 0 spiro atoms. The van der Waals surface area contributed by atoms with Crippen molar-refractivity contribution in [2.75, 3.05) is 0 Å². The van der Waals surface area contributed by atoms with E-state index in [2.05, 4.69) is 6.92 Å². The molecule has 4 heteroatoms. The lowest BCUT2D eigenvalue weighted by molar-refractivity contribution is -0.385. The molecule has 0 saturated carbocycles. The van der Waals surface area contributed by atoms with Crippen molar-refractivity contribution in [2.24, 2.45) is 0 Å². The molecule has 0 aliphatic heterocycles. The number of rotatable bonds is 2. The van der Waals surface area contributed by atoms with E-state index in [9.17, 15) is 10.1 Å². The van der Waals surface area contributed by atoms with Gasteiger partial charge in [-0.2, -0.15) is 0 Å². The van der Waals surface area contributed by atoms with E-state index in [0.29, 0.717) is 5.56 Å². The van der Waals surface area contributed by atoms with E-state index in [1.807, 2.05) is 0 Å². The van der Waals surface area contributed by atoms with Crippen LogP contribution in [-0.4, -0.2) is 10.0 Å². The Morgan fingerprint density at radius 2 is 2.25 bits per heavy atom. The molecule has 12 heavy (non-hydrogen) atoms. The minimum atomic E-state index is -0.512. The van der Waals surface area contributed by atoms with Crippen molar-refractivity contribution < 1.29 is 10.0 Å². The van der Waals surface area contributed by atoms with Crippen LogP contribution in [0.1, 0.15) is 11.1 Å². The first-order chi connectivity index (χ1) is 5.66. The highest BCUT2D eigenvalue weighted by Gasteiger charge is 2.11. The van der Waals surface area contributed by atoms with Gasteiger partial charge in [0.05, 0.1) is 11.5 Å². The molecule has 63 valence electrons. The first-order valence-corrected chi connectivity index (χ1v) is 3.36. The minimum Gasteiger partial charge on any atom is -0.392 e. The van der Waals surface area contributed by atoms with E-state index in [1.165, 1.54) is 12.1 Å². The average molecular weight is 166 g/mol. The van der Waals surface area contributed by atoms with E-state index in [1.54, 1.807) is 6.07 Å². The molecule has 0 heterocycles. The Labute approximate surface area is 69.6 Å². The summed E-state index contributed by atoms with van der Waals surface area (Å²) in [6.45, 7) is 3.29. The summed E-state index contributed by atoms with van der Waals surface area (Å²) < 4.78 is 0. The van der Waals surface area contributed by atoms with E-state index in [0.717, 1.165) is 0 Å². The van der Waals surface area contributed by atoms with Crippen LogP contribution in [0.3, 0.4) is 0 Å². The van der Waals surface area contributed by atoms with Crippen molar-refractivity contribution in [1.82, 2.24) is 0 Å². The van der Waals surface area contributed by atoms with Crippen LogP contribution in [0.2, 0.25) is 0 Å². The fourth-order valence-corrected chi connectivity index (χ4v) is 0.940. The lowest BCUT2D eigenvalue weighted by Crippen LogP contribution is -1.95. The molecule has 4 nitrogen and oxygen atoms in total. The van der Waals surface area contributed by atoms with Crippen LogP contribution >= 0.6 is 0 Å². The quantitative estimate of drug-likeness (QED) is 0.531. The van der Waals surface area contributed by atoms with Gasteiger partial charge >= 0.3 is 0 Å². The van der Waals surface area contributed by atoms with E-state index in [-0.39, 0.29) is 17.9 Å². The molecular weight excluding hydrogens is 158 g/mol. The third-order valence-electron chi connectivity index (χ3n) is 1.62. The van der Waals surface area contributed by atoms with Crippen molar-refractivity contribution in [3.8, 4) is 0 Å². The monoisotopic (exact) mass is 166 g/mol. The van der Waals surface area contributed by atoms with E-state index in [4.69, 9.17) is 5.11 Å². The molecule has 0 atom stereocenters. The predicted molar refractivity (Wildman–Crippen MR) is 43.5 cm³/mol. The third kappa shape index (κ3) is 1.43. The van der Waals surface area contributed by atoms with Crippen molar-refractivity contribution in [3.63, 3.8) is 0 Å². The van der Waals surface area contributed by atoms with Gasteiger partial charge in [-0.3, -0.25) is 10.1 Å². The molecule has 0 amide bonds. The lowest BCUT2D eigenvalue weighted by atomic mass is 10.1. The summed E-state index contributed by atoms with van der Waals surface area (Å²) in [6.07, 6.45) is 0. The van der Waals surface area contributed by atoms with Gasteiger partial charge in [-0.1, -0.05) is 12.1 Å². The summed E-state index contributed by atoms with van der Waals surface area (Å²) in [6, 6.07) is 4.50. The molecule has 1 N–H and O–H groups in total. The summed E-state index contributed by atoms with van der Waals surface area (Å²) in [7, 11) is 0. The van der Waals surface area contributed by atoms with Gasteiger partial charge in [0, 0.05) is 11.6 Å². The smallest absolute Gasteiger partial charge is 0.272 e. The fraction of sp³-hybridized carbons (Fsp3) is 0.125. The molecule has 1 radical (unpaired) electrons. The lowest BCUT2D eigenvalue weighted by Gasteiger charge is -2.01. The molecule has 0 aliphatic rings. The SMILES string of the molecule is [CH2]c1c(CO)cccc1[N+](=O)[O-]. The summed E-state index contributed by atoms with van der Waals surface area (Å²) in [5.74, 6) is 0. The molecule has 0 aliphatic carbocycles. The molecule has 1 aromatic rings. The Bertz CT molecular complexity index is 309. The number of aliphatic hydroxyl groups excluding tert-OH is 1. The molecule has 0 unspecified atom stereocenters. The first kappa shape index (κ1) is 8.67. The maximum absolute atomic E-state index is 10.4. The van der Waals surface area contributed by atoms with Gasteiger partial charge in [0.1, 0.15) is 0 Å². The molecule has 0 bridgehead atoms. The Kier molecular flexibility index (Phi) is 2.40. The van der Waals surface area contributed by atoms with Crippen LogP contribution < -0.4 is 0 Å². The number of benzene rings is 1. The van der Waals surface area contributed by atoms with Gasteiger partial charge in [0.15, 0.2) is 0 Å². The topological polar surface area (TPSA) is 63.4 Å². The van der Waals surface area contributed by atoms with E-state index >= 15 is 0 Å². The second-order valence-electron chi connectivity index (χ2n) is 2.33. The van der Waals surface area contributed by atoms with Crippen molar-refractivity contribution in [3.05, 3.63) is 46.4 Å². The van der Waals surface area contributed by atoms with Gasteiger partial charge in [-0.15, -0.1) is 0 Å². The summed E-state index contributed by atoms with van der Waals surface area (Å²) >= 11 is 0. The van der Waals surface area contributed by atoms with Crippen LogP contribution in [-0.2, 0) is 6.61 Å². The highest BCUT2D eigenvalue weighted by atomic mass is 16.6. The number of aliphatic hydroxyl groups is 1. The zero-order valence-corrected chi connectivity index (χ0v) is 6.36. The minimum absolute atomic E-state index is 0.0541. The summed E-state index contributed by atoms with van der Waals surface area (Å²) in [5.41, 5.74) is 0.718. The van der Waals surface area contributed by atoms with Crippen molar-refractivity contribution >= 4 is 5.69 Å². The molecule has 0 saturated heterocycles. The Morgan fingerprint density at radius 3 is 2.75 bits per heavy atom. The van der Waals surface area contributed by atoms with Gasteiger partial charge in [-0.25, -0.2) is 0 Å². The second kappa shape index (κ2) is 3.32. The largest absolute Gasteiger partial charge is 0.392 e. The molecule has 1 rings (SSSR count). The molecular formula is C8H8NO3. The molecule has 1 aromatic carbocycles. The normalized spacial score (nSPS) is 9.83. The van der Waals surface area contributed by atoms with Crippen LogP contribution in [0.15, 0.2) is 18.2 Å². The number of hydrogen-bond donors (Lipinski definition) is 1. The summed E-state index contributed by atoms with van der Waals surface area (Å²) in [5, 5.41) is 19.1.